The second-order valence-corrected chi connectivity index (χ2v) is 6.44. The van der Waals surface area contributed by atoms with Crippen LogP contribution < -0.4 is 0 Å². The largest absolute Gasteiger partial charge is 0.461 e. The van der Waals surface area contributed by atoms with Crippen LogP contribution in [0, 0.1) is 5.82 Å². The van der Waals surface area contributed by atoms with Gasteiger partial charge in [0, 0.05) is 22.7 Å². The van der Waals surface area contributed by atoms with Crippen molar-refractivity contribution < 1.29 is 13.9 Å². The van der Waals surface area contributed by atoms with Crippen molar-refractivity contribution in [3.63, 3.8) is 0 Å². The van der Waals surface area contributed by atoms with Crippen LogP contribution in [0.3, 0.4) is 0 Å². The average molecular weight is 403 g/mol. The SMILES string of the molecule is O=C(CCc1cnn(-c2ccccc2)c1)OCc1ccc(Br)cc1F. The summed E-state index contributed by atoms with van der Waals surface area (Å²) in [5.41, 5.74) is 2.26. The Kier molecular flexibility index (Phi) is 5.60. The first-order chi connectivity index (χ1) is 12.1. The number of carbonyl (C=O) groups is 1. The second kappa shape index (κ2) is 8.07. The zero-order valence-corrected chi connectivity index (χ0v) is 14.9. The lowest BCUT2D eigenvalue weighted by Crippen LogP contribution is -2.06. The number of esters is 1. The van der Waals surface area contributed by atoms with Crippen molar-refractivity contribution in [1.29, 1.82) is 0 Å². The zero-order valence-electron chi connectivity index (χ0n) is 13.4. The van der Waals surface area contributed by atoms with Crippen molar-refractivity contribution >= 4 is 21.9 Å². The van der Waals surface area contributed by atoms with Crippen LogP contribution in [0.4, 0.5) is 4.39 Å². The molecule has 1 heterocycles. The van der Waals surface area contributed by atoms with Gasteiger partial charge in [0.25, 0.3) is 0 Å². The summed E-state index contributed by atoms with van der Waals surface area (Å²) in [6.45, 7) is -0.0682. The summed E-state index contributed by atoms with van der Waals surface area (Å²) >= 11 is 3.19. The van der Waals surface area contributed by atoms with Crippen LogP contribution in [-0.4, -0.2) is 15.7 Å². The van der Waals surface area contributed by atoms with Crippen LogP contribution in [0.1, 0.15) is 17.5 Å². The van der Waals surface area contributed by atoms with Gasteiger partial charge in [0.1, 0.15) is 12.4 Å². The molecule has 2 aromatic carbocycles. The average Bonchev–Trinajstić information content (AvgIpc) is 3.09. The van der Waals surface area contributed by atoms with Crippen LogP contribution in [-0.2, 0) is 22.6 Å². The molecule has 0 fully saturated rings. The van der Waals surface area contributed by atoms with Gasteiger partial charge in [-0.2, -0.15) is 5.10 Å². The summed E-state index contributed by atoms with van der Waals surface area (Å²) in [5.74, 6) is -0.763. The van der Waals surface area contributed by atoms with E-state index in [1.165, 1.54) is 6.07 Å². The van der Waals surface area contributed by atoms with Gasteiger partial charge in [-0.15, -0.1) is 0 Å². The van der Waals surface area contributed by atoms with Gasteiger partial charge in [0.05, 0.1) is 11.9 Å². The van der Waals surface area contributed by atoms with Gasteiger partial charge in [-0.1, -0.05) is 40.2 Å². The number of rotatable bonds is 6. The number of ether oxygens (including phenoxy) is 1. The Balaban J connectivity index is 1.50. The van der Waals surface area contributed by atoms with Crippen molar-refractivity contribution in [2.45, 2.75) is 19.4 Å². The highest BCUT2D eigenvalue weighted by atomic mass is 79.9. The van der Waals surface area contributed by atoms with Gasteiger partial charge in [-0.25, -0.2) is 9.07 Å². The first-order valence-corrected chi connectivity index (χ1v) is 8.59. The number of aromatic nitrogens is 2. The number of aryl methyl sites for hydroxylation is 1. The van der Waals surface area contributed by atoms with E-state index in [0.717, 1.165) is 11.3 Å². The first kappa shape index (κ1) is 17.4. The normalized spacial score (nSPS) is 10.6. The molecule has 6 heteroatoms. The fraction of sp³-hybridized carbons (Fsp3) is 0.158. The molecule has 0 aliphatic rings. The molecule has 3 rings (SSSR count). The fourth-order valence-electron chi connectivity index (χ4n) is 2.33. The number of halogens is 2. The van der Waals surface area contributed by atoms with Crippen LogP contribution in [0.15, 0.2) is 65.4 Å². The molecule has 0 radical (unpaired) electrons. The number of carbonyl (C=O) groups excluding carboxylic acids is 1. The van der Waals surface area contributed by atoms with E-state index < -0.39 is 5.82 Å². The van der Waals surface area contributed by atoms with Gasteiger partial charge >= 0.3 is 5.97 Å². The minimum Gasteiger partial charge on any atom is -0.461 e. The summed E-state index contributed by atoms with van der Waals surface area (Å²) in [6.07, 6.45) is 4.36. The summed E-state index contributed by atoms with van der Waals surface area (Å²) in [7, 11) is 0. The van der Waals surface area contributed by atoms with Crippen molar-refractivity contribution in [1.82, 2.24) is 9.78 Å². The smallest absolute Gasteiger partial charge is 0.306 e. The van der Waals surface area contributed by atoms with Crippen LogP contribution in [0.25, 0.3) is 5.69 Å². The number of para-hydroxylation sites is 1. The molecular formula is C19H16BrFN2O2. The van der Waals surface area contributed by atoms with E-state index in [0.29, 0.717) is 16.5 Å². The molecule has 25 heavy (non-hydrogen) atoms. The first-order valence-electron chi connectivity index (χ1n) is 7.80. The molecule has 1 aromatic heterocycles. The summed E-state index contributed by atoms with van der Waals surface area (Å²) in [5, 5.41) is 4.29. The number of hydrogen-bond acceptors (Lipinski definition) is 3. The number of hydrogen-bond donors (Lipinski definition) is 0. The highest BCUT2D eigenvalue weighted by Gasteiger charge is 2.09. The molecule has 128 valence electrons. The van der Waals surface area contributed by atoms with Gasteiger partial charge < -0.3 is 4.74 Å². The van der Waals surface area contributed by atoms with E-state index in [-0.39, 0.29) is 19.0 Å². The Morgan fingerprint density at radius 1 is 1.20 bits per heavy atom. The number of nitrogens with zero attached hydrogens (tertiary/aromatic N) is 2. The number of benzene rings is 2. The third-order valence-corrected chi connectivity index (χ3v) is 4.17. The molecule has 0 aliphatic heterocycles. The van der Waals surface area contributed by atoms with E-state index in [2.05, 4.69) is 21.0 Å². The molecule has 0 spiro atoms. The molecule has 0 saturated carbocycles. The van der Waals surface area contributed by atoms with Gasteiger partial charge in [-0.05, 0) is 36.2 Å². The maximum atomic E-state index is 13.7. The van der Waals surface area contributed by atoms with E-state index in [1.54, 1.807) is 23.0 Å². The monoisotopic (exact) mass is 402 g/mol. The van der Waals surface area contributed by atoms with Crippen LogP contribution >= 0.6 is 15.9 Å². The highest BCUT2D eigenvalue weighted by molar-refractivity contribution is 9.10. The maximum absolute atomic E-state index is 13.7. The Morgan fingerprint density at radius 2 is 2.00 bits per heavy atom. The minimum absolute atomic E-state index is 0.0682. The molecule has 4 nitrogen and oxygen atoms in total. The van der Waals surface area contributed by atoms with Gasteiger partial charge in [-0.3, -0.25) is 4.79 Å². The van der Waals surface area contributed by atoms with E-state index in [9.17, 15) is 9.18 Å². The molecular weight excluding hydrogens is 387 g/mol. The minimum atomic E-state index is -0.397. The lowest BCUT2D eigenvalue weighted by atomic mass is 10.2. The van der Waals surface area contributed by atoms with Crippen molar-refractivity contribution in [3.05, 3.63) is 82.3 Å². The lowest BCUT2D eigenvalue weighted by Gasteiger charge is -2.06. The van der Waals surface area contributed by atoms with E-state index in [4.69, 9.17) is 4.74 Å². The molecule has 0 amide bonds. The predicted octanol–water partition coefficient (Wildman–Crippen LogP) is 4.45. The molecule has 0 N–H and O–H groups in total. The van der Waals surface area contributed by atoms with E-state index >= 15 is 0 Å². The Hall–Kier alpha value is -2.47. The highest BCUT2D eigenvalue weighted by Crippen LogP contribution is 2.16. The maximum Gasteiger partial charge on any atom is 0.306 e. The summed E-state index contributed by atoms with van der Waals surface area (Å²) in [4.78, 5) is 11.9. The fourth-order valence-corrected chi connectivity index (χ4v) is 2.66. The van der Waals surface area contributed by atoms with Crippen molar-refractivity contribution in [2.24, 2.45) is 0 Å². The van der Waals surface area contributed by atoms with Crippen LogP contribution in [0.5, 0.6) is 0 Å². The Morgan fingerprint density at radius 3 is 2.76 bits per heavy atom. The third-order valence-electron chi connectivity index (χ3n) is 3.68. The third kappa shape index (κ3) is 4.76. The second-order valence-electron chi connectivity index (χ2n) is 5.53. The summed E-state index contributed by atoms with van der Waals surface area (Å²) < 4.78 is 21.2. The molecule has 0 saturated heterocycles. The zero-order chi connectivity index (χ0) is 17.6. The lowest BCUT2D eigenvalue weighted by molar-refractivity contribution is -0.144. The summed E-state index contributed by atoms with van der Waals surface area (Å²) in [6, 6.07) is 14.4. The van der Waals surface area contributed by atoms with Gasteiger partial charge in [0.15, 0.2) is 0 Å². The van der Waals surface area contributed by atoms with Crippen molar-refractivity contribution in [3.8, 4) is 5.69 Å². The van der Waals surface area contributed by atoms with Crippen molar-refractivity contribution in [2.75, 3.05) is 0 Å². The topological polar surface area (TPSA) is 44.1 Å². The Labute approximate surface area is 153 Å². The molecule has 0 bridgehead atoms. The Bertz CT molecular complexity index is 865. The molecule has 3 aromatic rings. The molecule has 0 atom stereocenters. The van der Waals surface area contributed by atoms with Gasteiger partial charge in [0.2, 0.25) is 0 Å². The predicted molar refractivity (Wildman–Crippen MR) is 95.8 cm³/mol. The quantitative estimate of drug-likeness (QED) is 0.572. The standard InChI is InChI=1S/C19H16BrFN2O2/c20-16-8-7-15(18(21)10-16)13-25-19(24)9-6-14-11-22-23(12-14)17-4-2-1-3-5-17/h1-5,7-8,10-12H,6,9,13H2. The molecule has 0 aliphatic carbocycles. The van der Waals surface area contributed by atoms with E-state index in [1.807, 2.05) is 36.5 Å². The molecule has 0 unspecified atom stereocenters. The van der Waals surface area contributed by atoms with Crippen LogP contribution in [0.2, 0.25) is 0 Å².